The van der Waals surface area contributed by atoms with E-state index in [0.29, 0.717) is 5.92 Å². The number of unbranched alkanes of at least 4 members (excludes halogenated alkanes) is 4. The second-order valence-electron chi connectivity index (χ2n) is 5.60. The Hall–Kier alpha value is 0.0969. The van der Waals surface area contributed by atoms with Crippen molar-refractivity contribution < 1.29 is 13.3 Å². The van der Waals surface area contributed by atoms with Gasteiger partial charge in [0.25, 0.3) is 0 Å². The molecule has 0 N–H and O–H groups in total. The fourth-order valence-electron chi connectivity index (χ4n) is 2.02. The highest BCUT2D eigenvalue weighted by atomic mass is 28.4. The molecule has 0 aromatic heterocycles. The zero-order chi connectivity index (χ0) is 14.6. The average Bonchev–Trinajstić information content (AvgIpc) is 2.39. The van der Waals surface area contributed by atoms with E-state index in [9.17, 15) is 0 Å². The van der Waals surface area contributed by atoms with E-state index in [1.165, 1.54) is 25.7 Å². The molecular formula is C15H34O3Si. The van der Waals surface area contributed by atoms with Crippen LogP contribution in [0.4, 0.5) is 0 Å². The third-order valence-corrected chi connectivity index (χ3v) is 6.34. The summed E-state index contributed by atoms with van der Waals surface area (Å²) >= 11 is 0. The molecule has 0 rings (SSSR count). The minimum atomic E-state index is -2.43. The van der Waals surface area contributed by atoms with Gasteiger partial charge in [-0.1, -0.05) is 53.4 Å². The summed E-state index contributed by atoms with van der Waals surface area (Å²) < 4.78 is 17.8. The van der Waals surface area contributed by atoms with Crippen molar-refractivity contribution >= 4 is 8.80 Å². The van der Waals surface area contributed by atoms with Crippen molar-refractivity contribution in [1.82, 2.24) is 0 Å². The molecule has 0 aromatic rings. The molecule has 0 amide bonds. The van der Waals surface area contributed by atoms with E-state index in [1.807, 2.05) is 0 Å². The standard InChI is InChI=1S/C15H34O3Si/c1-6-8-10-12-17-19(16-5,14-15(3)4)18-13-11-9-7-2/h15H,6-14H2,1-5H3. The molecule has 0 unspecified atom stereocenters. The van der Waals surface area contributed by atoms with Gasteiger partial charge in [0.2, 0.25) is 0 Å². The molecule has 0 aliphatic heterocycles. The van der Waals surface area contributed by atoms with Crippen LogP contribution in [0.25, 0.3) is 0 Å². The molecule has 0 saturated heterocycles. The maximum Gasteiger partial charge on any atom is 0.500 e. The van der Waals surface area contributed by atoms with Crippen molar-refractivity contribution in [2.24, 2.45) is 5.92 Å². The Balaban J connectivity index is 4.24. The number of hydrogen-bond acceptors (Lipinski definition) is 3. The van der Waals surface area contributed by atoms with E-state index in [4.69, 9.17) is 13.3 Å². The zero-order valence-electron chi connectivity index (χ0n) is 13.7. The average molecular weight is 291 g/mol. The molecule has 0 aliphatic carbocycles. The Morgan fingerprint density at radius 3 is 1.63 bits per heavy atom. The lowest BCUT2D eigenvalue weighted by Gasteiger charge is -2.29. The molecule has 0 aromatic carbocycles. The Morgan fingerprint density at radius 1 is 0.842 bits per heavy atom. The van der Waals surface area contributed by atoms with Crippen LogP contribution in [-0.2, 0) is 13.3 Å². The zero-order valence-corrected chi connectivity index (χ0v) is 14.7. The summed E-state index contributed by atoms with van der Waals surface area (Å²) in [6.45, 7) is 10.4. The van der Waals surface area contributed by atoms with Crippen LogP contribution in [-0.4, -0.2) is 29.1 Å². The van der Waals surface area contributed by atoms with Crippen molar-refractivity contribution in [3.05, 3.63) is 0 Å². The summed E-state index contributed by atoms with van der Waals surface area (Å²) in [5.41, 5.74) is 0. The van der Waals surface area contributed by atoms with Crippen LogP contribution in [0.2, 0.25) is 6.04 Å². The highest BCUT2D eigenvalue weighted by Crippen LogP contribution is 2.21. The second-order valence-corrected chi connectivity index (χ2v) is 8.36. The van der Waals surface area contributed by atoms with E-state index in [0.717, 1.165) is 32.1 Å². The van der Waals surface area contributed by atoms with Crippen LogP contribution in [0.1, 0.15) is 66.2 Å². The number of hydrogen-bond donors (Lipinski definition) is 0. The Labute approximate surface area is 121 Å². The molecule has 0 fully saturated rings. The molecule has 19 heavy (non-hydrogen) atoms. The smallest absolute Gasteiger partial charge is 0.377 e. The highest BCUT2D eigenvalue weighted by Gasteiger charge is 2.40. The lowest BCUT2D eigenvalue weighted by Crippen LogP contribution is -2.46. The number of rotatable bonds is 13. The third kappa shape index (κ3) is 9.60. The fourth-order valence-corrected chi connectivity index (χ4v) is 4.65. The SMILES string of the molecule is CCCCCO[Si](CC(C)C)(OC)OCCCCC. The maximum absolute atomic E-state index is 6.07. The van der Waals surface area contributed by atoms with Crippen molar-refractivity contribution in [3.63, 3.8) is 0 Å². The predicted molar refractivity (Wildman–Crippen MR) is 83.4 cm³/mol. The van der Waals surface area contributed by atoms with Gasteiger partial charge in [0.1, 0.15) is 0 Å². The maximum atomic E-state index is 6.07. The summed E-state index contributed by atoms with van der Waals surface area (Å²) in [6.07, 6.45) is 7.06. The molecule has 116 valence electrons. The van der Waals surface area contributed by atoms with Crippen molar-refractivity contribution in [3.8, 4) is 0 Å². The molecule has 3 nitrogen and oxygen atoms in total. The van der Waals surface area contributed by atoms with Crippen molar-refractivity contribution in [2.75, 3.05) is 20.3 Å². The first kappa shape index (κ1) is 19.1. The van der Waals surface area contributed by atoms with Crippen molar-refractivity contribution in [1.29, 1.82) is 0 Å². The van der Waals surface area contributed by atoms with Crippen molar-refractivity contribution in [2.45, 2.75) is 72.3 Å². The van der Waals surface area contributed by atoms with Crippen LogP contribution >= 0.6 is 0 Å². The lowest BCUT2D eigenvalue weighted by molar-refractivity contribution is 0.0714. The van der Waals surface area contributed by atoms with E-state index < -0.39 is 8.80 Å². The van der Waals surface area contributed by atoms with Gasteiger partial charge in [-0.2, -0.15) is 0 Å². The molecule has 0 radical (unpaired) electrons. The third-order valence-electron chi connectivity index (χ3n) is 3.11. The molecule has 0 saturated carbocycles. The molecule has 0 heterocycles. The van der Waals surface area contributed by atoms with Gasteiger partial charge < -0.3 is 13.3 Å². The topological polar surface area (TPSA) is 27.7 Å². The molecule has 0 atom stereocenters. The van der Waals surface area contributed by atoms with Crippen LogP contribution in [0, 0.1) is 5.92 Å². The normalized spacial score (nSPS) is 12.3. The summed E-state index contributed by atoms with van der Waals surface area (Å²) in [5, 5.41) is 0. The first-order valence-corrected chi connectivity index (χ1v) is 9.86. The summed E-state index contributed by atoms with van der Waals surface area (Å²) in [5.74, 6) is 0.545. The van der Waals surface area contributed by atoms with Gasteiger partial charge in [-0.25, -0.2) is 0 Å². The molecule has 0 aliphatic rings. The first-order valence-electron chi connectivity index (χ1n) is 7.93. The van der Waals surface area contributed by atoms with Gasteiger partial charge in [0, 0.05) is 26.4 Å². The summed E-state index contributed by atoms with van der Waals surface area (Å²) in [7, 11) is -0.688. The van der Waals surface area contributed by atoms with Gasteiger partial charge in [-0.15, -0.1) is 0 Å². The van der Waals surface area contributed by atoms with E-state index in [1.54, 1.807) is 7.11 Å². The summed E-state index contributed by atoms with van der Waals surface area (Å²) in [6, 6.07) is 0.918. The Kier molecular flexibility index (Phi) is 11.9. The second kappa shape index (κ2) is 11.9. The van der Waals surface area contributed by atoms with Gasteiger partial charge in [-0.05, 0) is 18.8 Å². The first-order chi connectivity index (χ1) is 9.10. The summed E-state index contributed by atoms with van der Waals surface area (Å²) in [4.78, 5) is 0. The van der Waals surface area contributed by atoms with Crippen LogP contribution in [0.15, 0.2) is 0 Å². The highest BCUT2D eigenvalue weighted by molar-refractivity contribution is 6.60. The molecular weight excluding hydrogens is 256 g/mol. The molecule has 0 bridgehead atoms. The molecule has 0 spiro atoms. The van der Waals surface area contributed by atoms with E-state index in [-0.39, 0.29) is 0 Å². The Morgan fingerprint density at radius 2 is 1.32 bits per heavy atom. The molecule has 4 heteroatoms. The van der Waals surface area contributed by atoms with Crippen LogP contribution < -0.4 is 0 Å². The fraction of sp³-hybridized carbons (Fsp3) is 1.00. The van der Waals surface area contributed by atoms with E-state index in [2.05, 4.69) is 27.7 Å². The van der Waals surface area contributed by atoms with Crippen LogP contribution in [0.5, 0.6) is 0 Å². The van der Waals surface area contributed by atoms with Gasteiger partial charge in [0.05, 0.1) is 0 Å². The van der Waals surface area contributed by atoms with Crippen LogP contribution in [0.3, 0.4) is 0 Å². The van der Waals surface area contributed by atoms with Gasteiger partial charge in [0.15, 0.2) is 0 Å². The Bertz CT molecular complexity index is 186. The monoisotopic (exact) mass is 290 g/mol. The van der Waals surface area contributed by atoms with E-state index >= 15 is 0 Å². The van der Waals surface area contributed by atoms with Gasteiger partial charge >= 0.3 is 8.80 Å². The largest absolute Gasteiger partial charge is 0.500 e. The predicted octanol–water partition coefficient (Wildman–Crippen LogP) is 4.64. The lowest BCUT2D eigenvalue weighted by atomic mass is 10.3. The minimum absolute atomic E-state index is 0.545. The van der Waals surface area contributed by atoms with Gasteiger partial charge in [-0.3, -0.25) is 0 Å². The quantitative estimate of drug-likeness (QED) is 0.365. The minimum Gasteiger partial charge on any atom is -0.377 e.